The highest BCUT2D eigenvalue weighted by Crippen LogP contribution is 2.27. The molecule has 1 aliphatic heterocycles. The number of nitrogens with two attached hydrogens (primary N) is 1. The molecule has 1 aromatic carbocycles. The monoisotopic (exact) mass is 390 g/mol. The Balaban J connectivity index is 0.00000156. The molecule has 1 aliphatic carbocycles. The van der Waals surface area contributed by atoms with Gasteiger partial charge in [-0.1, -0.05) is 12.1 Å². The van der Waals surface area contributed by atoms with Crippen molar-refractivity contribution in [2.75, 3.05) is 19.6 Å². The van der Waals surface area contributed by atoms with Gasteiger partial charge in [-0.05, 0) is 101 Å². The molecule has 2 nitrogen and oxygen atoms in total. The summed E-state index contributed by atoms with van der Waals surface area (Å²) >= 11 is 0. The van der Waals surface area contributed by atoms with E-state index in [0.717, 1.165) is 23.8 Å². The third kappa shape index (κ3) is 7.42. The van der Waals surface area contributed by atoms with E-state index in [0.29, 0.717) is 6.04 Å². The molecule has 2 aliphatic rings. The van der Waals surface area contributed by atoms with Crippen LogP contribution in [0, 0.1) is 17.7 Å². The van der Waals surface area contributed by atoms with E-state index < -0.39 is 0 Å². The van der Waals surface area contributed by atoms with Gasteiger partial charge >= 0.3 is 0 Å². The van der Waals surface area contributed by atoms with Crippen LogP contribution in [0.3, 0.4) is 0 Å². The lowest BCUT2D eigenvalue weighted by Crippen LogP contribution is -2.36. The zero-order valence-corrected chi connectivity index (χ0v) is 16.7. The van der Waals surface area contributed by atoms with Crippen molar-refractivity contribution in [3.05, 3.63) is 35.6 Å². The van der Waals surface area contributed by atoms with Gasteiger partial charge in [0.1, 0.15) is 5.82 Å². The second-order valence-corrected chi connectivity index (χ2v) is 7.69. The summed E-state index contributed by atoms with van der Waals surface area (Å²) in [5.74, 6) is 1.52. The largest absolute Gasteiger partial charge is 0.328 e. The van der Waals surface area contributed by atoms with Crippen molar-refractivity contribution >= 4 is 24.8 Å². The van der Waals surface area contributed by atoms with Crippen LogP contribution >= 0.6 is 24.8 Å². The Labute approximate surface area is 164 Å². The van der Waals surface area contributed by atoms with Crippen LogP contribution in [0.25, 0.3) is 0 Å². The van der Waals surface area contributed by atoms with Gasteiger partial charge in [0.15, 0.2) is 0 Å². The van der Waals surface area contributed by atoms with Gasteiger partial charge < -0.3 is 10.6 Å². The summed E-state index contributed by atoms with van der Waals surface area (Å²) in [5.41, 5.74) is 7.14. The van der Waals surface area contributed by atoms with Crippen LogP contribution in [-0.4, -0.2) is 30.6 Å². The van der Waals surface area contributed by atoms with Gasteiger partial charge in [0.25, 0.3) is 0 Å². The molecule has 0 aromatic heterocycles. The first-order valence-electron chi connectivity index (χ1n) is 9.41. The molecule has 2 N–H and O–H groups in total. The maximum absolute atomic E-state index is 13.3. The van der Waals surface area contributed by atoms with Crippen molar-refractivity contribution in [3.63, 3.8) is 0 Å². The fourth-order valence-electron chi connectivity index (χ4n) is 4.25. The summed E-state index contributed by atoms with van der Waals surface area (Å²) in [4.78, 5) is 2.64. The quantitative estimate of drug-likeness (QED) is 0.779. The summed E-state index contributed by atoms with van der Waals surface area (Å²) in [6.45, 7) is 3.69. The van der Waals surface area contributed by atoms with Gasteiger partial charge in [-0.2, -0.15) is 0 Å². The summed E-state index contributed by atoms with van der Waals surface area (Å²) in [6.07, 6.45) is 10.0. The van der Waals surface area contributed by atoms with Crippen LogP contribution in [-0.2, 0) is 6.42 Å². The van der Waals surface area contributed by atoms with Crippen molar-refractivity contribution in [1.29, 1.82) is 0 Å². The van der Waals surface area contributed by atoms with Crippen LogP contribution < -0.4 is 5.73 Å². The van der Waals surface area contributed by atoms with E-state index in [-0.39, 0.29) is 30.6 Å². The van der Waals surface area contributed by atoms with E-state index in [4.69, 9.17) is 5.73 Å². The van der Waals surface area contributed by atoms with E-state index in [1.165, 1.54) is 70.6 Å². The lowest BCUT2D eigenvalue weighted by molar-refractivity contribution is 0.165. The van der Waals surface area contributed by atoms with E-state index in [2.05, 4.69) is 11.0 Å². The Morgan fingerprint density at radius 1 is 0.960 bits per heavy atom. The molecule has 2 fully saturated rings. The van der Waals surface area contributed by atoms with Gasteiger partial charge in [-0.3, -0.25) is 0 Å². The van der Waals surface area contributed by atoms with E-state index in [1.807, 2.05) is 6.07 Å². The van der Waals surface area contributed by atoms with Gasteiger partial charge in [0.2, 0.25) is 0 Å². The normalized spacial score (nSPS) is 25.0. The number of halogens is 3. The minimum absolute atomic E-state index is 0. The van der Waals surface area contributed by atoms with E-state index in [9.17, 15) is 4.39 Å². The fourth-order valence-corrected chi connectivity index (χ4v) is 4.25. The van der Waals surface area contributed by atoms with Gasteiger partial charge in [-0.25, -0.2) is 4.39 Å². The SMILES string of the molecule is Cl.Cl.N[C@H]1CC[C@H](CCN2CCC(Cc3cccc(F)c3)CC2)CC1. The molecule has 0 bridgehead atoms. The number of hydrogen-bond acceptors (Lipinski definition) is 2. The Morgan fingerprint density at radius 2 is 1.64 bits per heavy atom. The molecule has 1 saturated carbocycles. The van der Waals surface area contributed by atoms with Crippen molar-refractivity contribution in [2.45, 2.75) is 57.4 Å². The number of piperidine rings is 1. The standard InChI is InChI=1S/C20H31FN2.2ClH/c21-19-3-1-2-18(15-19)14-17-9-12-23(13-10-17)11-8-16-4-6-20(22)7-5-16;;/h1-3,15-17,20H,4-14,22H2;2*1H/t16-,20-;;. The van der Waals surface area contributed by atoms with Crippen molar-refractivity contribution in [3.8, 4) is 0 Å². The molecule has 0 radical (unpaired) electrons. The smallest absolute Gasteiger partial charge is 0.123 e. The maximum atomic E-state index is 13.3. The minimum atomic E-state index is -0.105. The van der Waals surface area contributed by atoms with Crippen molar-refractivity contribution < 1.29 is 4.39 Å². The fraction of sp³-hybridized carbons (Fsp3) is 0.700. The minimum Gasteiger partial charge on any atom is -0.328 e. The number of rotatable bonds is 5. The number of benzene rings is 1. The first-order chi connectivity index (χ1) is 11.2. The zero-order valence-electron chi connectivity index (χ0n) is 15.0. The van der Waals surface area contributed by atoms with Gasteiger partial charge in [0, 0.05) is 6.04 Å². The molecule has 0 atom stereocenters. The first kappa shape index (κ1) is 22.7. The summed E-state index contributed by atoms with van der Waals surface area (Å²) in [5, 5.41) is 0. The molecule has 3 rings (SSSR count). The third-order valence-electron chi connectivity index (χ3n) is 5.87. The number of hydrogen-bond donors (Lipinski definition) is 1. The van der Waals surface area contributed by atoms with Gasteiger partial charge in [0.05, 0.1) is 0 Å². The third-order valence-corrected chi connectivity index (χ3v) is 5.87. The van der Waals surface area contributed by atoms with Crippen LogP contribution in [0.2, 0.25) is 0 Å². The van der Waals surface area contributed by atoms with E-state index >= 15 is 0 Å². The molecule has 1 aromatic rings. The van der Waals surface area contributed by atoms with Crippen molar-refractivity contribution in [2.24, 2.45) is 17.6 Å². The highest BCUT2D eigenvalue weighted by molar-refractivity contribution is 5.85. The zero-order chi connectivity index (χ0) is 16.1. The molecular formula is C20H33Cl2FN2. The number of likely N-dealkylation sites (tertiary alicyclic amines) is 1. The molecule has 0 spiro atoms. The molecule has 0 amide bonds. The second-order valence-electron chi connectivity index (χ2n) is 7.69. The molecule has 1 saturated heterocycles. The van der Waals surface area contributed by atoms with Gasteiger partial charge in [-0.15, -0.1) is 24.8 Å². The maximum Gasteiger partial charge on any atom is 0.123 e. The Bertz CT molecular complexity index is 484. The van der Waals surface area contributed by atoms with Crippen LogP contribution in [0.15, 0.2) is 24.3 Å². The van der Waals surface area contributed by atoms with Crippen LogP contribution in [0.1, 0.15) is 50.5 Å². The molecule has 144 valence electrons. The molecular weight excluding hydrogens is 358 g/mol. The highest BCUT2D eigenvalue weighted by atomic mass is 35.5. The van der Waals surface area contributed by atoms with E-state index in [1.54, 1.807) is 6.07 Å². The predicted octanol–water partition coefficient (Wildman–Crippen LogP) is 4.83. The lowest BCUT2D eigenvalue weighted by atomic mass is 9.84. The van der Waals surface area contributed by atoms with Crippen LogP contribution in [0.5, 0.6) is 0 Å². The first-order valence-corrected chi connectivity index (χ1v) is 9.41. The molecule has 5 heteroatoms. The summed E-state index contributed by atoms with van der Waals surface area (Å²) < 4.78 is 13.3. The Morgan fingerprint density at radius 3 is 2.28 bits per heavy atom. The number of nitrogens with zero attached hydrogens (tertiary/aromatic N) is 1. The highest BCUT2D eigenvalue weighted by Gasteiger charge is 2.22. The average molecular weight is 391 g/mol. The Hall–Kier alpha value is -0.350. The molecule has 1 heterocycles. The van der Waals surface area contributed by atoms with Crippen molar-refractivity contribution in [1.82, 2.24) is 4.90 Å². The lowest BCUT2D eigenvalue weighted by Gasteiger charge is -2.34. The Kier molecular flexibility index (Phi) is 10.3. The van der Waals surface area contributed by atoms with Crippen LogP contribution in [0.4, 0.5) is 4.39 Å². The predicted molar refractivity (Wildman–Crippen MR) is 108 cm³/mol. The average Bonchev–Trinajstić information content (AvgIpc) is 2.56. The molecule has 0 unspecified atom stereocenters. The summed E-state index contributed by atoms with van der Waals surface area (Å²) in [7, 11) is 0. The molecule has 25 heavy (non-hydrogen) atoms. The topological polar surface area (TPSA) is 29.3 Å². The summed E-state index contributed by atoms with van der Waals surface area (Å²) in [6, 6.07) is 7.58. The second kappa shape index (κ2) is 11.4.